The summed E-state index contributed by atoms with van der Waals surface area (Å²) in [6, 6.07) is 18.4. The van der Waals surface area contributed by atoms with Crippen molar-refractivity contribution in [2.24, 2.45) is 0 Å². The summed E-state index contributed by atoms with van der Waals surface area (Å²) < 4.78 is 7.92. The quantitative estimate of drug-likeness (QED) is 0.507. The monoisotopic (exact) mass is 376 g/mol. The van der Waals surface area contributed by atoms with E-state index in [2.05, 4.69) is 53.7 Å². The number of nitrogens with zero attached hydrogens (tertiary/aromatic N) is 1. The van der Waals surface area contributed by atoms with Gasteiger partial charge in [0.25, 0.3) is 5.91 Å². The molecule has 4 heteroatoms. The lowest BCUT2D eigenvalue weighted by Crippen LogP contribution is -2.26. The summed E-state index contributed by atoms with van der Waals surface area (Å²) in [6.45, 7) is 7.65. The third-order valence-corrected chi connectivity index (χ3v) is 4.72. The smallest absolute Gasteiger partial charge is 0.267 e. The van der Waals surface area contributed by atoms with E-state index in [0.717, 1.165) is 42.5 Å². The molecule has 3 rings (SSSR count). The molecule has 1 amide bonds. The van der Waals surface area contributed by atoms with Gasteiger partial charge in [-0.2, -0.15) is 0 Å². The van der Waals surface area contributed by atoms with Gasteiger partial charge in [-0.05, 0) is 43.0 Å². The van der Waals surface area contributed by atoms with Gasteiger partial charge >= 0.3 is 0 Å². The minimum absolute atomic E-state index is 0.0348. The van der Waals surface area contributed by atoms with Crippen molar-refractivity contribution >= 4 is 16.8 Å². The van der Waals surface area contributed by atoms with Crippen molar-refractivity contribution < 1.29 is 9.53 Å². The normalized spacial score (nSPS) is 10.8. The summed E-state index contributed by atoms with van der Waals surface area (Å²) in [4.78, 5) is 12.8. The van der Waals surface area contributed by atoms with Crippen LogP contribution in [0.5, 0.6) is 5.75 Å². The molecule has 146 valence electrons. The van der Waals surface area contributed by atoms with Crippen molar-refractivity contribution in [2.45, 2.75) is 32.7 Å². The zero-order chi connectivity index (χ0) is 19.8. The van der Waals surface area contributed by atoms with E-state index >= 15 is 0 Å². The molecule has 1 heterocycles. The first-order valence-corrected chi connectivity index (χ1v) is 9.92. The highest BCUT2D eigenvalue weighted by Gasteiger charge is 2.17. The van der Waals surface area contributed by atoms with Crippen molar-refractivity contribution in [3.63, 3.8) is 0 Å². The van der Waals surface area contributed by atoms with Gasteiger partial charge in [-0.1, -0.05) is 56.0 Å². The molecule has 0 atom stereocenters. The van der Waals surface area contributed by atoms with Crippen LogP contribution in [0.2, 0.25) is 0 Å². The maximum Gasteiger partial charge on any atom is 0.267 e. The number of hydrogen-bond donors (Lipinski definition) is 1. The molecule has 0 saturated carbocycles. The Morgan fingerprint density at radius 1 is 1.18 bits per heavy atom. The van der Waals surface area contributed by atoms with Crippen molar-refractivity contribution in [1.82, 2.24) is 9.88 Å². The number of carbonyl (C=O) groups is 1. The van der Waals surface area contributed by atoms with E-state index in [4.69, 9.17) is 4.74 Å². The predicted molar refractivity (Wildman–Crippen MR) is 115 cm³/mol. The van der Waals surface area contributed by atoms with E-state index in [0.29, 0.717) is 18.8 Å². The molecule has 0 saturated heterocycles. The largest absolute Gasteiger partial charge is 0.489 e. The second-order valence-corrected chi connectivity index (χ2v) is 6.81. The maximum atomic E-state index is 12.8. The van der Waals surface area contributed by atoms with E-state index in [1.165, 1.54) is 5.56 Å². The number of aromatic nitrogens is 1. The van der Waals surface area contributed by atoms with Crippen molar-refractivity contribution in [1.29, 1.82) is 0 Å². The molecule has 0 aliphatic heterocycles. The van der Waals surface area contributed by atoms with Crippen molar-refractivity contribution in [3.8, 4) is 5.75 Å². The molecular formula is C24H28N2O2. The van der Waals surface area contributed by atoms with Crippen LogP contribution in [-0.2, 0) is 13.0 Å². The van der Waals surface area contributed by atoms with E-state index in [9.17, 15) is 4.79 Å². The summed E-state index contributed by atoms with van der Waals surface area (Å²) in [7, 11) is 0. The number of rotatable bonds is 10. The molecule has 28 heavy (non-hydrogen) atoms. The number of benzene rings is 2. The van der Waals surface area contributed by atoms with E-state index in [-0.39, 0.29) is 5.91 Å². The van der Waals surface area contributed by atoms with Crippen LogP contribution in [0, 0.1) is 0 Å². The van der Waals surface area contributed by atoms with Gasteiger partial charge < -0.3 is 14.6 Å². The Kier molecular flexibility index (Phi) is 6.90. The Morgan fingerprint density at radius 3 is 2.75 bits per heavy atom. The number of ether oxygens (including phenoxy) is 1. The highest BCUT2D eigenvalue weighted by molar-refractivity contribution is 6.00. The SMILES string of the molecule is C=CCOc1cccc2c1cc(C(=O)NCCC)n2CCCc1ccccc1. The molecule has 0 radical (unpaired) electrons. The maximum absolute atomic E-state index is 12.8. The van der Waals surface area contributed by atoms with Crippen molar-refractivity contribution in [3.05, 3.63) is 78.5 Å². The first-order valence-electron chi connectivity index (χ1n) is 9.92. The van der Waals surface area contributed by atoms with Crippen molar-refractivity contribution in [2.75, 3.05) is 13.2 Å². The third kappa shape index (κ3) is 4.63. The van der Waals surface area contributed by atoms with E-state index in [1.54, 1.807) is 6.08 Å². The molecule has 2 aromatic carbocycles. The van der Waals surface area contributed by atoms with Crippen LogP contribution in [-0.4, -0.2) is 23.6 Å². The van der Waals surface area contributed by atoms with Crippen LogP contribution in [0.1, 0.15) is 35.8 Å². The lowest BCUT2D eigenvalue weighted by molar-refractivity contribution is 0.0944. The number of fused-ring (bicyclic) bond motifs is 1. The van der Waals surface area contributed by atoms with Gasteiger partial charge in [-0.3, -0.25) is 4.79 Å². The van der Waals surface area contributed by atoms with Gasteiger partial charge in [0.1, 0.15) is 18.1 Å². The summed E-state index contributed by atoms with van der Waals surface area (Å²) in [5, 5.41) is 3.97. The summed E-state index contributed by atoms with van der Waals surface area (Å²) in [6.07, 6.45) is 4.57. The average Bonchev–Trinajstić information content (AvgIpc) is 3.10. The van der Waals surface area contributed by atoms with Gasteiger partial charge in [0.2, 0.25) is 0 Å². The number of nitrogens with one attached hydrogen (secondary N) is 1. The standard InChI is InChI=1S/C24H28N2O2/c1-3-15-25-24(27)22-18-20-21(13-8-14-23(20)28-17-4-2)26(22)16-9-12-19-10-6-5-7-11-19/h4-8,10-11,13-14,18H,2-3,9,12,15-17H2,1H3,(H,25,27). The molecule has 1 N–H and O–H groups in total. The lowest BCUT2D eigenvalue weighted by Gasteiger charge is -2.11. The van der Waals surface area contributed by atoms with Crippen LogP contribution < -0.4 is 10.1 Å². The highest BCUT2D eigenvalue weighted by Crippen LogP contribution is 2.29. The summed E-state index contributed by atoms with van der Waals surface area (Å²) in [5.74, 6) is 0.746. The number of aryl methyl sites for hydroxylation is 2. The fourth-order valence-corrected chi connectivity index (χ4v) is 3.38. The van der Waals surface area contributed by atoms with Crippen LogP contribution in [0.15, 0.2) is 67.3 Å². The Hall–Kier alpha value is -3.01. The molecule has 0 fully saturated rings. The summed E-state index contributed by atoms with van der Waals surface area (Å²) in [5.41, 5.74) is 3.02. The molecule has 0 spiro atoms. The van der Waals surface area contributed by atoms with Gasteiger partial charge in [-0.25, -0.2) is 0 Å². The number of amides is 1. The second kappa shape index (κ2) is 9.79. The van der Waals surface area contributed by atoms with Gasteiger partial charge in [0, 0.05) is 18.5 Å². The second-order valence-electron chi connectivity index (χ2n) is 6.81. The first-order chi connectivity index (χ1) is 13.7. The number of carbonyl (C=O) groups excluding carboxylic acids is 1. The zero-order valence-electron chi connectivity index (χ0n) is 16.5. The fourth-order valence-electron chi connectivity index (χ4n) is 3.38. The molecular weight excluding hydrogens is 348 g/mol. The van der Waals surface area contributed by atoms with Crippen LogP contribution >= 0.6 is 0 Å². The third-order valence-electron chi connectivity index (χ3n) is 4.72. The Bertz CT molecular complexity index is 928. The Labute approximate surface area is 166 Å². The molecule has 0 bridgehead atoms. The Morgan fingerprint density at radius 2 is 2.00 bits per heavy atom. The molecule has 4 nitrogen and oxygen atoms in total. The van der Waals surface area contributed by atoms with Crippen LogP contribution in [0.3, 0.4) is 0 Å². The minimum atomic E-state index is -0.0348. The van der Waals surface area contributed by atoms with Gasteiger partial charge in [0.05, 0.1) is 5.52 Å². The average molecular weight is 377 g/mol. The predicted octanol–water partition coefficient (Wildman–Crippen LogP) is 4.98. The molecule has 1 aromatic heterocycles. The van der Waals surface area contributed by atoms with Crippen LogP contribution in [0.4, 0.5) is 0 Å². The number of hydrogen-bond acceptors (Lipinski definition) is 2. The highest BCUT2D eigenvalue weighted by atomic mass is 16.5. The van der Waals surface area contributed by atoms with Gasteiger partial charge in [-0.15, -0.1) is 0 Å². The van der Waals surface area contributed by atoms with Gasteiger partial charge in [0.15, 0.2) is 0 Å². The first kappa shape index (κ1) is 19.7. The van der Waals surface area contributed by atoms with E-state index < -0.39 is 0 Å². The van der Waals surface area contributed by atoms with E-state index in [1.807, 2.05) is 24.3 Å². The molecule has 0 unspecified atom stereocenters. The molecule has 0 aliphatic rings. The molecule has 0 aliphatic carbocycles. The Balaban J connectivity index is 1.89. The fraction of sp³-hybridized carbons (Fsp3) is 0.292. The minimum Gasteiger partial charge on any atom is -0.489 e. The lowest BCUT2D eigenvalue weighted by atomic mass is 10.1. The molecule has 3 aromatic rings. The zero-order valence-corrected chi connectivity index (χ0v) is 16.5. The summed E-state index contributed by atoms with van der Waals surface area (Å²) >= 11 is 0. The van der Waals surface area contributed by atoms with Crippen LogP contribution in [0.25, 0.3) is 10.9 Å². The topological polar surface area (TPSA) is 43.3 Å².